The molecule has 7 rings (SSSR count). The molecule has 0 radical (unpaired) electrons. The van der Waals surface area contributed by atoms with Crippen LogP contribution in [0, 0.1) is 0 Å². The smallest absolute Gasteiger partial charge is 0.333 e. The quantitative estimate of drug-likeness (QED) is 0.211. The Morgan fingerprint density at radius 1 is 0.625 bits per heavy atom. The highest BCUT2D eigenvalue weighted by atomic mass is 16.6. The fourth-order valence-corrected chi connectivity index (χ4v) is 8.63. The Morgan fingerprint density at radius 3 is 1.15 bits per heavy atom. The highest BCUT2D eigenvalue weighted by Gasteiger charge is 2.72. The fraction of sp³-hybridized carbons (Fsp3) is 0.906. The molecule has 0 aromatic carbocycles. The van der Waals surface area contributed by atoms with Gasteiger partial charge >= 0.3 is 5.97 Å². The van der Waals surface area contributed by atoms with Crippen LogP contribution in [0.5, 0.6) is 0 Å². The monoisotopic (exact) mass is 562 g/mol. The van der Waals surface area contributed by atoms with E-state index in [1.54, 1.807) is 6.92 Å². The molecule has 3 atom stereocenters. The summed E-state index contributed by atoms with van der Waals surface area (Å²) in [5.74, 6) is -0.352. The Hall–Kier alpha value is -1.03. The topological polar surface area (TPSA) is 81.7 Å². The molecule has 3 heterocycles. The molecule has 0 N–H and O–H groups in total. The van der Waals surface area contributed by atoms with Gasteiger partial charge in [-0.25, -0.2) is 4.79 Å². The van der Waals surface area contributed by atoms with Crippen molar-refractivity contribution >= 4 is 5.97 Å². The molecule has 0 aromatic heterocycles. The van der Waals surface area contributed by atoms with E-state index in [-0.39, 0.29) is 22.8 Å². The predicted molar refractivity (Wildman–Crippen MR) is 148 cm³/mol. The Balaban J connectivity index is 1.33. The van der Waals surface area contributed by atoms with Gasteiger partial charge < -0.3 is 33.2 Å². The number of esters is 1. The molecule has 7 fully saturated rings. The number of hydrogen-bond acceptors (Lipinski definition) is 8. The van der Waals surface area contributed by atoms with Gasteiger partial charge in [0.25, 0.3) is 0 Å². The van der Waals surface area contributed by atoms with Gasteiger partial charge in [0.15, 0.2) is 0 Å². The van der Waals surface area contributed by atoms with Crippen LogP contribution < -0.4 is 0 Å². The lowest BCUT2D eigenvalue weighted by Gasteiger charge is -2.69. The summed E-state index contributed by atoms with van der Waals surface area (Å²) in [6.45, 7) is 16.0. The summed E-state index contributed by atoms with van der Waals surface area (Å²) in [6.07, 6.45) is 9.94. The van der Waals surface area contributed by atoms with E-state index >= 15 is 0 Å². The molecule has 4 aliphatic carbocycles. The van der Waals surface area contributed by atoms with E-state index in [0.717, 1.165) is 77.6 Å². The van der Waals surface area contributed by atoms with Crippen molar-refractivity contribution in [3.05, 3.63) is 12.2 Å². The molecular formula is C32H50O8. The minimum absolute atomic E-state index is 0.231. The van der Waals surface area contributed by atoms with E-state index in [1.165, 1.54) is 0 Å². The summed E-state index contributed by atoms with van der Waals surface area (Å²) in [4.78, 5) is 13.1. The van der Waals surface area contributed by atoms with Crippen LogP contribution >= 0.6 is 0 Å². The van der Waals surface area contributed by atoms with Crippen molar-refractivity contribution in [3.8, 4) is 0 Å². The summed E-state index contributed by atoms with van der Waals surface area (Å²) in [7, 11) is 0. The highest BCUT2D eigenvalue weighted by Crippen LogP contribution is 2.66. The standard InChI is InChI=1S/C32H50O8/c1-6-26(9-12-34-26)21-37-29-15-30(38-22-27(7-2)10-13-35-27)17-31(16-29,39-23-28(8-3)11-14-36-28)20-32(18-29,19-30)40-25(33)24(4)5/h4,6-23H2,1-3,5H3. The maximum absolute atomic E-state index is 13.1. The van der Waals surface area contributed by atoms with Gasteiger partial charge in [-0.1, -0.05) is 27.4 Å². The van der Waals surface area contributed by atoms with Crippen LogP contribution in [0.3, 0.4) is 0 Å². The molecule has 7 aliphatic rings. The molecule has 8 nitrogen and oxygen atoms in total. The van der Waals surface area contributed by atoms with Gasteiger partial charge in [-0.2, -0.15) is 0 Å². The summed E-state index contributed by atoms with van der Waals surface area (Å²) in [5, 5.41) is 0. The first kappa shape index (κ1) is 29.1. The molecule has 0 spiro atoms. The van der Waals surface area contributed by atoms with Gasteiger partial charge in [-0.05, 0) is 26.2 Å². The summed E-state index contributed by atoms with van der Waals surface area (Å²) >= 11 is 0. The van der Waals surface area contributed by atoms with Crippen molar-refractivity contribution in [2.45, 2.75) is 144 Å². The summed E-state index contributed by atoms with van der Waals surface area (Å²) < 4.78 is 45.5. The Morgan fingerprint density at radius 2 is 0.925 bits per heavy atom. The van der Waals surface area contributed by atoms with Crippen molar-refractivity contribution in [1.29, 1.82) is 0 Å². The highest BCUT2D eigenvalue weighted by molar-refractivity contribution is 5.87. The fourth-order valence-electron chi connectivity index (χ4n) is 8.63. The molecule has 4 bridgehead atoms. The second-order valence-electron chi connectivity index (χ2n) is 14.2. The molecule has 40 heavy (non-hydrogen) atoms. The van der Waals surface area contributed by atoms with E-state index in [1.807, 2.05) is 0 Å². The lowest BCUT2D eigenvalue weighted by molar-refractivity contribution is -0.350. The largest absolute Gasteiger partial charge is 0.455 e. The van der Waals surface area contributed by atoms with Gasteiger partial charge in [0, 0.05) is 63.4 Å². The second-order valence-corrected chi connectivity index (χ2v) is 14.2. The Kier molecular flexibility index (Phi) is 7.28. The first-order valence-corrected chi connectivity index (χ1v) is 15.7. The molecule has 226 valence electrons. The predicted octanol–water partition coefficient (Wildman–Crippen LogP) is 5.20. The number of hydrogen-bond donors (Lipinski definition) is 0. The summed E-state index contributed by atoms with van der Waals surface area (Å²) in [6, 6.07) is 0. The lowest BCUT2D eigenvalue weighted by Crippen LogP contribution is -2.75. The molecular weight excluding hydrogens is 512 g/mol. The number of rotatable bonds is 14. The maximum atomic E-state index is 13.1. The van der Waals surface area contributed by atoms with Crippen LogP contribution in [-0.4, -0.2) is 84.8 Å². The van der Waals surface area contributed by atoms with Crippen molar-refractivity contribution < 1.29 is 38.0 Å². The normalized spacial score (nSPS) is 46.8. The van der Waals surface area contributed by atoms with Gasteiger partial charge in [0.1, 0.15) is 5.60 Å². The molecule has 3 unspecified atom stereocenters. The lowest BCUT2D eigenvalue weighted by atomic mass is 9.48. The minimum atomic E-state index is -0.746. The zero-order chi connectivity index (χ0) is 28.3. The molecule has 3 aliphatic heterocycles. The van der Waals surface area contributed by atoms with E-state index in [9.17, 15) is 4.79 Å². The maximum Gasteiger partial charge on any atom is 0.333 e. The third-order valence-corrected chi connectivity index (χ3v) is 11.3. The van der Waals surface area contributed by atoms with Crippen molar-refractivity contribution in [1.82, 2.24) is 0 Å². The molecule has 3 saturated heterocycles. The zero-order valence-corrected chi connectivity index (χ0v) is 25.2. The van der Waals surface area contributed by atoms with Gasteiger partial charge in [-0.3, -0.25) is 0 Å². The SMILES string of the molecule is C=C(C)C(=O)OC12CC3(OCC4(CC)CCO4)CC(OCC4(CC)CCO4)(CC(OCC4(CC)CCO4)(C3)C1)C2. The van der Waals surface area contributed by atoms with Crippen LogP contribution in [-0.2, 0) is 38.0 Å². The van der Waals surface area contributed by atoms with E-state index in [0.29, 0.717) is 44.7 Å². The van der Waals surface area contributed by atoms with Crippen molar-refractivity contribution in [2.75, 3.05) is 39.6 Å². The first-order valence-electron chi connectivity index (χ1n) is 15.7. The number of carbonyl (C=O) groups is 1. The van der Waals surface area contributed by atoms with Crippen LogP contribution in [0.4, 0.5) is 0 Å². The van der Waals surface area contributed by atoms with Crippen LogP contribution in [0.2, 0.25) is 0 Å². The molecule has 4 saturated carbocycles. The number of ether oxygens (including phenoxy) is 7. The van der Waals surface area contributed by atoms with Gasteiger partial charge in [-0.15, -0.1) is 0 Å². The average Bonchev–Trinajstić information content (AvgIpc) is 2.81. The van der Waals surface area contributed by atoms with E-state index in [2.05, 4.69) is 27.4 Å². The van der Waals surface area contributed by atoms with Gasteiger partial charge in [0.2, 0.25) is 0 Å². The van der Waals surface area contributed by atoms with Crippen molar-refractivity contribution in [2.24, 2.45) is 0 Å². The van der Waals surface area contributed by atoms with Crippen LogP contribution in [0.1, 0.15) is 105 Å². The Bertz CT molecular complexity index is 866. The van der Waals surface area contributed by atoms with Crippen LogP contribution in [0.25, 0.3) is 0 Å². The van der Waals surface area contributed by atoms with Gasteiger partial charge in [0.05, 0.1) is 73.2 Å². The van der Waals surface area contributed by atoms with Crippen molar-refractivity contribution in [3.63, 3.8) is 0 Å². The minimum Gasteiger partial charge on any atom is -0.455 e. The van der Waals surface area contributed by atoms with E-state index < -0.39 is 22.4 Å². The number of carbonyl (C=O) groups excluding carboxylic acids is 1. The Labute approximate surface area is 239 Å². The third-order valence-electron chi connectivity index (χ3n) is 11.3. The van der Waals surface area contributed by atoms with Crippen LogP contribution in [0.15, 0.2) is 12.2 Å². The third kappa shape index (κ3) is 4.98. The zero-order valence-electron chi connectivity index (χ0n) is 25.2. The van der Waals surface area contributed by atoms with E-state index in [4.69, 9.17) is 33.2 Å². The molecule has 0 aromatic rings. The second kappa shape index (κ2) is 10.0. The average molecular weight is 563 g/mol. The summed E-state index contributed by atoms with van der Waals surface area (Å²) in [5.41, 5.74) is -2.64. The molecule has 8 heteroatoms. The molecule has 0 amide bonds. The first-order chi connectivity index (χ1) is 19.0.